The summed E-state index contributed by atoms with van der Waals surface area (Å²) in [7, 11) is 2.20. The Hall–Kier alpha value is -4.89. The van der Waals surface area contributed by atoms with Crippen molar-refractivity contribution in [1.29, 1.82) is 0 Å². The SMILES string of the molecule is CCCCCCCCCCCCCCCCCCC1(CCCCCCCCCCCCCCCCCC)OCC(CCN(C)CCCCCC(=O)NCC(C)(CC)OCC(C)(C)OCCNC(=O)c2ccc(C(=O)NCCCCC(NC(=O)NC(CCC(=O)O)C(=O)O)C(=O)O)cc2)O1. The van der Waals surface area contributed by atoms with E-state index in [4.69, 9.17) is 24.1 Å². The van der Waals surface area contributed by atoms with Crippen LogP contribution >= 0.6 is 0 Å². The summed E-state index contributed by atoms with van der Waals surface area (Å²) in [6.45, 7) is 16.4. The molecule has 4 atom stereocenters. The van der Waals surface area contributed by atoms with Gasteiger partial charge in [-0.25, -0.2) is 14.4 Å². The molecule has 1 aliphatic rings. The van der Waals surface area contributed by atoms with Crippen LogP contribution in [0.4, 0.5) is 4.79 Å². The van der Waals surface area contributed by atoms with Gasteiger partial charge >= 0.3 is 23.9 Å². The second kappa shape index (κ2) is 56.6. The molecule has 1 saturated heterocycles. The molecular formula is C79H142N6O14. The van der Waals surface area contributed by atoms with E-state index in [1.54, 1.807) is 0 Å². The minimum atomic E-state index is -1.51. The maximum atomic E-state index is 13.0. The number of rotatable bonds is 67. The second-order valence-electron chi connectivity index (χ2n) is 29.4. The van der Waals surface area contributed by atoms with Gasteiger partial charge in [0.2, 0.25) is 5.91 Å². The molecule has 20 heteroatoms. The van der Waals surface area contributed by atoms with Crippen LogP contribution < -0.4 is 26.6 Å². The summed E-state index contributed by atoms with van der Waals surface area (Å²) in [5, 5.41) is 40.6. The number of carboxylic acids is 3. The molecule has 1 fully saturated rings. The van der Waals surface area contributed by atoms with Crippen LogP contribution in [0.1, 0.15) is 351 Å². The molecule has 0 aliphatic carbocycles. The van der Waals surface area contributed by atoms with Gasteiger partial charge in [0.05, 0.1) is 37.1 Å². The molecule has 0 aromatic heterocycles. The molecule has 20 nitrogen and oxygen atoms in total. The average molecular weight is 1400 g/mol. The molecule has 8 N–H and O–H groups in total. The fourth-order valence-corrected chi connectivity index (χ4v) is 12.7. The zero-order valence-corrected chi connectivity index (χ0v) is 63.3. The predicted octanol–water partition coefficient (Wildman–Crippen LogP) is 16.8. The molecule has 1 heterocycles. The molecule has 0 saturated carbocycles. The number of unbranched alkanes of at least 4 members (excludes halogenated alkanes) is 33. The smallest absolute Gasteiger partial charge is 0.326 e. The number of urea groups is 1. The molecule has 0 radical (unpaired) electrons. The third-order valence-electron chi connectivity index (χ3n) is 19.5. The van der Waals surface area contributed by atoms with Crippen LogP contribution in [-0.2, 0) is 38.1 Å². The van der Waals surface area contributed by atoms with E-state index in [9.17, 15) is 43.8 Å². The van der Waals surface area contributed by atoms with Crippen LogP contribution in [0.15, 0.2) is 24.3 Å². The minimum Gasteiger partial charge on any atom is -0.481 e. The molecule has 0 spiro atoms. The first kappa shape index (κ1) is 90.2. The largest absolute Gasteiger partial charge is 0.481 e. The lowest BCUT2D eigenvalue weighted by Crippen LogP contribution is -2.51. The fraction of sp³-hybridized carbons (Fsp3) is 0.835. The van der Waals surface area contributed by atoms with E-state index in [2.05, 4.69) is 52.4 Å². The van der Waals surface area contributed by atoms with Gasteiger partial charge in [-0.15, -0.1) is 0 Å². The number of hydrogen-bond donors (Lipinski definition) is 8. The molecule has 4 unspecified atom stereocenters. The second-order valence-corrected chi connectivity index (χ2v) is 29.4. The van der Waals surface area contributed by atoms with Gasteiger partial charge in [0.25, 0.3) is 11.8 Å². The average Bonchev–Trinajstić information content (AvgIpc) is 1.74. The molecular weight excluding hydrogens is 1260 g/mol. The highest BCUT2D eigenvalue weighted by molar-refractivity contribution is 5.97. The van der Waals surface area contributed by atoms with Crippen LogP contribution in [-0.4, -0.2) is 157 Å². The highest BCUT2D eigenvalue weighted by atomic mass is 16.7. The van der Waals surface area contributed by atoms with E-state index < -0.39 is 65.3 Å². The predicted molar refractivity (Wildman–Crippen MR) is 396 cm³/mol. The highest BCUT2D eigenvalue weighted by Gasteiger charge is 2.40. The van der Waals surface area contributed by atoms with Gasteiger partial charge in [0.15, 0.2) is 5.79 Å². The minimum absolute atomic E-state index is 0.0141. The number of carboxylic acid groups (broad SMARTS) is 3. The van der Waals surface area contributed by atoms with E-state index in [0.717, 1.165) is 51.6 Å². The number of carbonyl (C=O) groups is 7. The van der Waals surface area contributed by atoms with Gasteiger partial charge in [0.1, 0.15) is 12.1 Å². The van der Waals surface area contributed by atoms with Gasteiger partial charge in [-0.2, -0.15) is 0 Å². The van der Waals surface area contributed by atoms with E-state index in [-0.39, 0.29) is 57.1 Å². The highest BCUT2D eigenvalue weighted by Crippen LogP contribution is 2.36. The maximum absolute atomic E-state index is 13.0. The maximum Gasteiger partial charge on any atom is 0.326 e. The van der Waals surface area contributed by atoms with Crippen LogP contribution in [0, 0.1) is 0 Å². The molecule has 5 amide bonds. The summed E-state index contributed by atoms with van der Waals surface area (Å²) in [4.78, 5) is 87.4. The number of benzene rings is 1. The zero-order valence-electron chi connectivity index (χ0n) is 63.3. The van der Waals surface area contributed by atoms with Gasteiger partial charge in [-0.3, -0.25) is 19.2 Å². The van der Waals surface area contributed by atoms with Crippen molar-refractivity contribution in [3.8, 4) is 0 Å². The van der Waals surface area contributed by atoms with Crippen LogP contribution in [0.5, 0.6) is 0 Å². The first-order valence-corrected chi connectivity index (χ1v) is 39.6. The Morgan fingerprint density at radius 2 is 0.960 bits per heavy atom. The van der Waals surface area contributed by atoms with E-state index in [1.165, 1.54) is 230 Å². The fourth-order valence-electron chi connectivity index (χ4n) is 12.7. The summed E-state index contributed by atoms with van der Waals surface area (Å²) in [5.74, 6) is -5.19. The molecule has 2 rings (SSSR count). The van der Waals surface area contributed by atoms with E-state index in [0.29, 0.717) is 50.0 Å². The van der Waals surface area contributed by atoms with Gasteiger partial charge in [0, 0.05) is 63.0 Å². The summed E-state index contributed by atoms with van der Waals surface area (Å²) >= 11 is 0. The Morgan fingerprint density at radius 1 is 0.525 bits per heavy atom. The van der Waals surface area contributed by atoms with E-state index in [1.807, 2.05) is 27.7 Å². The molecule has 1 aromatic rings. The standard InChI is InChI=1S/C79H142N6O14/c1-8-11-13-15-17-19-21-23-25-27-29-31-33-35-37-42-55-79(56-43-38-36-34-32-30-28-26-24-22-20-18-16-14-12-9-2)97-62-67(99-79)54-60-85(7)59-45-39-40-47-70(86)82-63-78(6,10-3)98-64-77(4,5)96-61-58-81-73(90)66-50-48-65(49-51-66)72(89)80-57-44-41-46-68(74(91)92)83-76(95)84-69(75(93)94)52-53-71(87)88/h48-51,67-69H,8-47,52-64H2,1-7H3,(H,80,89)(H,81,90)(H,82,86)(H,87,88)(H,91,92)(H,93,94)(H2,83,84,95). The van der Waals surface area contributed by atoms with Crippen molar-refractivity contribution < 1.29 is 67.8 Å². The number of amides is 5. The normalized spacial score (nSPS) is 14.9. The van der Waals surface area contributed by atoms with Gasteiger partial charge in [-0.05, 0) is 123 Å². The molecule has 99 heavy (non-hydrogen) atoms. The number of aliphatic carboxylic acids is 3. The van der Waals surface area contributed by atoms with Crippen LogP contribution in [0.25, 0.3) is 0 Å². The topological polar surface area (TPSA) is 280 Å². The lowest BCUT2D eigenvalue weighted by molar-refractivity contribution is -0.180. The Bertz CT molecular complexity index is 2250. The van der Waals surface area contributed by atoms with E-state index >= 15 is 0 Å². The lowest BCUT2D eigenvalue weighted by Gasteiger charge is -2.34. The lowest BCUT2D eigenvalue weighted by atomic mass is 9.98. The van der Waals surface area contributed by atoms with Crippen molar-refractivity contribution in [3.05, 3.63) is 35.4 Å². The number of ether oxygens (including phenoxy) is 4. The Balaban J connectivity index is 1.66. The Morgan fingerprint density at radius 3 is 1.40 bits per heavy atom. The van der Waals surface area contributed by atoms with Crippen LogP contribution in [0.2, 0.25) is 0 Å². The number of nitrogens with one attached hydrogen (secondary N) is 5. The monoisotopic (exact) mass is 1400 g/mol. The van der Waals surface area contributed by atoms with Crippen molar-refractivity contribution in [1.82, 2.24) is 31.5 Å². The summed E-state index contributed by atoms with van der Waals surface area (Å²) in [5.41, 5.74) is -0.628. The first-order valence-electron chi connectivity index (χ1n) is 39.6. The van der Waals surface area contributed by atoms with Crippen molar-refractivity contribution in [2.45, 2.75) is 366 Å². The third-order valence-corrected chi connectivity index (χ3v) is 19.5. The van der Waals surface area contributed by atoms with Crippen molar-refractivity contribution >= 4 is 41.7 Å². The quantitative estimate of drug-likeness (QED) is 0.0282. The van der Waals surface area contributed by atoms with Crippen molar-refractivity contribution in [3.63, 3.8) is 0 Å². The number of hydrogen-bond acceptors (Lipinski definition) is 12. The molecule has 572 valence electrons. The summed E-state index contributed by atoms with van der Waals surface area (Å²) in [6.07, 6.45) is 50.7. The molecule has 0 bridgehead atoms. The van der Waals surface area contributed by atoms with Crippen molar-refractivity contribution in [2.75, 3.05) is 59.6 Å². The van der Waals surface area contributed by atoms with Crippen molar-refractivity contribution in [2.24, 2.45) is 0 Å². The summed E-state index contributed by atoms with van der Waals surface area (Å²) < 4.78 is 26.1. The molecule has 1 aliphatic heterocycles. The molecule has 1 aromatic carbocycles. The summed E-state index contributed by atoms with van der Waals surface area (Å²) in [6, 6.07) is 2.19. The van der Waals surface area contributed by atoms with Gasteiger partial charge < -0.3 is 65.8 Å². The number of carbonyl (C=O) groups excluding carboxylic acids is 4. The Labute approximate surface area is 599 Å². The van der Waals surface area contributed by atoms with Gasteiger partial charge in [-0.1, -0.05) is 220 Å². The Kier molecular flexibility index (Phi) is 51.6. The van der Waals surface area contributed by atoms with Crippen LogP contribution in [0.3, 0.4) is 0 Å². The number of nitrogens with zero attached hydrogens (tertiary/aromatic N) is 1. The zero-order chi connectivity index (χ0) is 72.7. The third kappa shape index (κ3) is 47.1. The first-order chi connectivity index (χ1) is 47.7.